The van der Waals surface area contributed by atoms with Crippen LogP contribution in [0.1, 0.15) is 33.3 Å². The lowest BCUT2D eigenvalue weighted by Crippen LogP contribution is -2.26. The SMILES string of the molecule is CCn1nc(C(=O)OCC(=O)c2cccc(C(F)(F)F)c2)c2ccccc2c1=O. The second kappa shape index (κ2) is 7.86. The van der Waals surface area contributed by atoms with Crippen LogP contribution in [0.5, 0.6) is 0 Å². The first-order valence-electron chi connectivity index (χ1n) is 8.59. The van der Waals surface area contributed by atoms with Gasteiger partial charge in [-0.05, 0) is 25.1 Å². The summed E-state index contributed by atoms with van der Waals surface area (Å²) in [6.07, 6.45) is -4.59. The van der Waals surface area contributed by atoms with Gasteiger partial charge in [0, 0.05) is 17.5 Å². The van der Waals surface area contributed by atoms with E-state index < -0.39 is 30.1 Å². The number of esters is 1. The summed E-state index contributed by atoms with van der Waals surface area (Å²) in [6, 6.07) is 10.2. The maximum Gasteiger partial charge on any atom is 0.416 e. The molecule has 0 saturated carbocycles. The molecule has 29 heavy (non-hydrogen) atoms. The topological polar surface area (TPSA) is 78.3 Å². The Labute approximate surface area is 162 Å². The Morgan fingerprint density at radius 1 is 1.07 bits per heavy atom. The molecule has 6 nitrogen and oxygen atoms in total. The van der Waals surface area contributed by atoms with Crippen molar-refractivity contribution in [3.63, 3.8) is 0 Å². The molecule has 1 heterocycles. The fourth-order valence-electron chi connectivity index (χ4n) is 2.75. The monoisotopic (exact) mass is 404 g/mol. The van der Waals surface area contributed by atoms with E-state index >= 15 is 0 Å². The summed E-state index contributed by atoms with van der Waals surface area (Å²) in [5.74, 6) is -1.75. The number of fused-ring (bicyclic) bond motifs is 1. The minimum Gasteiger partial charge on any atom is -0.452 e. The molecular formula is C20H15F3N2O4. The van der Waals surface area contributed by atoms with Crippen molar-refractivity contribution < 1.29 is 27.5 Å². The number of carbonyl (C=O) groups excluding carboxylic acids is 2. The predicted molar refractivity (Wildman–Crippen MR) is 97.7 cm³/mol. The highest BCUT2D eigenvalue weighted by Gasteiger charge is 2.31. The maximum absolute atomic E-state index is 12.8. The van der Waals surface area contributed by atoms with Crippen molar-refractivity contribution in [2.75, 3.05) is 6.61 Å². The molecule has 0 amide bonds. The summed E-state index contributed by atoms with van der Waals surface area (Å²) in [4.78, 5) is 36.9. The molecule has 0 unspecified atom stereocenters. The van der Waals surface area contributed by atoms with Crippen molar-refractivity contribution in [2.45, 2.75) is 19.6 Å². The number of Topliss-reactive ketones (excluding diaryl/α,β-unsaturated/α-hetero) is 1. The van der Waals surface area contributed by atoms with E-state index in [1.54, 1.807) is 19.1 Å². The standard InChI is InChI=1S/C20H15F3N2O4/c1-2-25-18(27)15-9-4-3-8-14(15)17(24-25)19(28)29-11-16(26)12-6-5-7-13(10-12)20(21,22)23/h3-10H,2,11H2,1H3. The third-order valence-electron chi connectivity index (χ3n) is 4.21. The van der Waals surface area contributed by atoms with E-state index in [4.69, 9.17) is 4.74 Å². The van der Waals surface area contributed by atoms with Crippen LogP contribution < -0.4 is 5.56 Å². The van der Waals surface area contributed by atoms with Crippen LogP contribution in [0, 0.1) is 0 Å². The van der Waals surface area contributed by atoms with Crippen molar-refractivity contribution in [1.82, 2.24) is 9.78 Å². The lowest BCUT2D eigenvalue weighted by molar-refractivity contribution is -0.137. The van der Waals surface area contributed by atoms with E-state index in [-0.39, 0.29) is 34.1 Å². The number of hydrogen-bond acceptors (Lipinski definition) is 5. The number of ether oxygens (including phenoxy) is 1. The zero-order chi connectivity index (χ0) is 21.2. The molecule has 0 fully saturated rings. The maximum atomic E-state index is 12.8. The van der Waals surface area contributed by atoms with Gasteiger partial charge in [0.2, 0.25) is 0 Å². The van der Waals surface area contributed by atoms with Gasteiger partial charge in [0.1, 0.15) is 0 Å². The van der Waals surface area contributed by atoms with Crippen LogP contribution in [0.25, 0.3) is 10.8 Å². The molecule has 0 spiro atoms. The lowest BCUT2D eigenvalue weighted by Gasteiger charge is -2.10. The van der Waals surface area contributed by atoms with Crippen molar-refractivity contribution in [1.29, 1.82) is 0 Å². The van der Waals surface area contributed by atoms with Gasteiger partial charge in [-0.2, -0.15) is 18.3 Å². The number of aryl methyl sites for hydroxylation is 1. The fourth-order valence-corrected chi connectivity index (χ4v) is 2.75. The van der Waals surface area contributed by atoms with Crippen molar-refractivity contribution >= 4 is 22.5 Å². The molecule has 0 aliphatic heterocycles. The molecule has 3 rings (SSSR count). The van der Waals surface area contributed by atoms with Crippen molar-refractivity contribution in [3.8, 4) is 0 Å². The molecular weight excluding hydrogens is 389 g/mol. The summed E-state index contributed by atoms with van der Waals surface area (Å²) in [5, 5.41) is 4.51. The van der Waals surface area contributed by atoms with Gasteiger partial charge in [0.15, 0.2) is 18.1 Å². The van der Waals surface area contributed by atoms with Crippen LogP contribution >= 0.6 is 0 Å². The van der Waals surface area contributed by atoms with E-state index in [1.165, 1.54) is 18.2 Å². The average molecular weight is 404 g/mol. The Bertz CT molecular complexity index is 1150. The van der Waals surface area contributed by atoms with Crippen molar-refractivity contribution in [3.05, 3.63) is 75.7 Å². The largest absolute Gasteiger partial charge is 0.452 e. The van der Waals surface area contributed by atoms with Crippen LogP contribution in [0.3, 0.4) is 0 Å². The molecule has 0 aliphatic rings. The summed E-state index contributed by atoms with van der Waals surface area (Å²) >= 11 is 0. The van der Waals surface area contributed by atoms with Crippen LogP contribution in [0.4, 0.5) is 13.2 Å². The zero-order valence-corrected chi connectivity index (χ0v) is 15.2. The lowest BCUT2D eigenvalue weighted by atomic mass is 10.1. The third kappa shape index (κ3) is 4.18. The Balaban J connectivity index is 1.84. The minimum absolute atomic E-state index is 0.154. The van der Waals surface area contributed by atoms with Gasteiger partial charge in [-0.1, -0.05) is 30.3 Å². The number of rotatable bonds is 5. The average Bonchev–Trinajstić information content (AvgIpc) is 2.71. The molecule has 0 radical (unpaired) electrons. The Morgan fingerprint density at radius 2 is 1.76 bits per heavy atom. The number of ketones is 1. The first-order valence-corrected chi connectivity index (χ1v) is 8.59. The first kappa shape index (κ1) is 20.2. The second-order valence-corrected chi connectivity index (χ2v) is 6.09. The molecule has 1 aromatic heterocycles. The summed E-state index contributed by atoms with van der Waals surface area (Å²) in [5.41, 5.74) is -1.74. The quantitative estimate of drug-likeness (QED) is 0.481. The number of benzene rings is 2. The predicted octanol–water partition coefficient (Wildman–Crippen LogP) is 3.47. The number of halogens is 3. The Hall–Kier alpha value is -3.49. The van der Waals surface area contributed by atoms with Crippen LogP contribution in [0.2, 0.25) is 0 Å². The highest BCUT2D eigenvalue weighted by atomic mass is 19.4. The second-order valence-electron chi connectivity index (χ2n) is 6.09. The van der Waals surface area contributed by atoms with Gasteiger partial charge in [0.05, 0.1) is 10.9 Å². The summed E-state index contributed by atoms with van der Waals surface area (Å²) in [6.45, 7) is 1.13. The van der Waals surface area contributed by atoms with Gasteiger partial charge < -0.3 is 4.74 Å². The summed E-state index contributed by atoms with van der Waals surface area (Å²) < 4.78 is 44.4. The molecule has 0 saturated heterocycles. The van der Waals surface area contributed by atoms with E-state index in [0.29, 0.717) is 6.07 Å². The number of alkyl halides is 3. The minimum atomic E-state index is -4.59. The normalized spacial score (nSPS) is 11.4. The smallest absolute Gasteiger partial charge is 0.416 e. The fraction of sp³-hybridized carbons (Fsp3) is 0.200. The van der Waals surface area contributed by atoms with Crippen LogP contribution in [0.15, 0.2) is 53.3 Å². The first-order chi connectivity index (χ1) is 13.7. The number of nitrogens with zero attached hydrogens (tertiary/aromatic N) is 2. The molecule has 2 aromatic carbocycles. The van der Waals surface area contributed by atoms with Crippen molar-refractivity contribution in [2.24, 2.45) is 0 Å². The van der Waals surface area contributed by atoms with Gasteiger partial charge in [-0.25, -0.2) is 9.48 Å². The van der Waals surface area contributed by atoms with E-state index in [1.807, 2.05) is 0 Å². The van der Waals surface area contributed by atoms with Gasteiger partial charge in [-0.3, -0.25) is 9.59 Å². The van der Waals surface area contributed by atoms with E-state index in [0.717, 1.165) is 16.8 Å². The molecule has 0 bridgehead atoms. The number of hydrogen-bond donors (Lipinski definition) is 0. The molecule has 150 valence electrons. The molecule has 3 aromatic rings. The van der Waals surface area contributed by atoms with E-state index in [9.17, 15) is 27.6 Å². The van der Waals surface area contributed by atoms with Gasteiger partial charge in [0.25, 0.3) is 5.56 Å². The molecule has 0 aliphatic carbocycles. The Morgan fingerprint density at radius 3 is 2.41 bits per heavy atom. The highest BCUT2D eigenvalue weighted by molar-refractivity contribution is 6.04. The molecule has 9 heteroatoms. The zero-order valence-electron chi connectivity index (χ0n) is 15.2. The number of aromatic nitrogens is 2. The van der Waals surface area contributed by atoms with Crippen LogP contribution in [-0.4, -0.2) is 28.1 Å². The Kier molecular flexibility index (Phi) is 5.49. The third-order valence-corrected chi connectivity index (χ3v) is 4.21. The van der Waals surface area contributed by atoms with Gasteiger partial charge in [-0.15, -0.1) is 0 Å². The van der Waals surface area contributed by atoms with E-state index in [2.05, 4.69) is 5.10 Å². The van der Waals surface area contributed by atoms with Gasteiger partial charge >= 0.3 is 12.1 Å². The summed E-state index contributed by atoms with van der Waals surface area (Å²) in [7, 11) is 0. The molecule has 0 atom stereocenters. The highest BCUT2D eigenvalue weighted by Crippen LogP contribution is 2.29. The number of carbonyl (C=O) groups is 2. The molecule has 0 N–H and O–H groups in total. The van der Waals surface area contributed by atoms with Crippen LogP contribution in [-0.2, 0) is 17.5 Å².